The quantitative estimate of drug-likeness (QED) is 0.729. The van der Waals surface area contributed by atoms with Gasteiger partial charge >= 0.3 is 0 Å². The SMILES string of the molecule is Cc1c(N)cccc1CNC(=O)c1ccncc1O. The molecule has 4 N–H and O–H groups in total. The highest BCUT2D eigenvalue weighted by Crippen LogP contribution is 2.16. The maximum Gasteiger partial charge on any atom is 0.255 e. The number of amides is 1. The van der Waals surface area contributed by atoms with Crippen LogP contribution in [0.4, 0.5) is 5.69 Å². The number of nitrogens with two attached hydrogens (primary N) is 1. The molecule has 5 nitrogen and oxygen atoms in total. The van der Waals surface area contributed by atoms with E-state index in [0.717, 1.165) is 11.1 Å². The maximum absolute atomic E-state index is 11.9. The normalized spacial score (nSPS) is 10.2. The number of anilines is 1. The van der Waals surface area contributed by atoms with E-state index in [1.807, 2.05) is 25.1 Å². The molecule has 0 fully saturated rings. The Kier molecular flexibility index (Phi) is 3.66. The van der Waals surface area contributed by atoms with Crippen molar-refractivity contribution in [2.75, 3.05) is 5.73 Å². The molecule has 0 spiro atoms. The van der Waals surface area contributed by atoms with E-state index in [2.05, 4.69) is 10.3 Å². The Labute approximate surface area is 111 Å². The molecule has 19 heavy (non-hydrogen) atoms. The molecule has 0 atom stereocenters. The lowest BCUT2D eigenvalue weighted by atomic mass is 10.1. The average molecular weight is 257 g/mol. The van der Waals surface area contributed by atoms with Crippen LogP contribution in [0.15, 0.2) is 36.7 Å². The van der Waals surface area contributed by atoms with Crippen molar-refractivity contribution in [3.8, 4) is 5.75 Å². The summed E-state index contributed by atoms with van der Waals surface area (Å²) in [4.78, 5) is 15.6. The molecule has 1 amide bonds. The van der Waals surface area contributed by atoms with Gasteiger partial charge in [0.25, 0.3) is 5.91 Å². The Hall–Kier alpha value is -2.56. The van der Waals surface area contributed by atoms with Gasteiger partial charge in [-0.25, -0.2) is 0 Å². The Balaban J connectivity index is 2.09. The number of rotatable bonds is 3. The molecule has 98 valence electrons. The fourth-order valence-electron chi connectivity index (χ4n) is 1.74. The molecule has 2 aromatic rings. The standard InChI is InChI=1S/C14H15N3O2/c1-9-10(3-2-4-12(9)15)7-17-14(19)11-5-6-16-8-13(11)18/h2-6,8,18H,7,15H2,1H3,(H,17,19). The molecule has 1 aromatic heterocycles. The zero-order valence-corrected chi connectivity index (χ0v) is 10.6. The van der Waals surface area contributed by atoms with Crippen LogP contribution in [0.2, 0.25) is 0 Å². The third-order valence-electron chi connectivity index (χ3n) is 2.97. The predicted molar refractivity (Wildman–Crippen MR) is 72.7 cm³/mol. The zero-order valence-electron chi connectivity index (χ0n) is 10.6. The number of nitrogens with zero attached hydrogens (tertiary/aromatic N) is 1. The first-order valence-corrected chi connectivity index (χ1v) is 5.84. The van der Waals surface area contributed by atoms with Gasteiger partial charge in [0.15, 0.2) is 0 Å². The fraction of sp³-hybridized carbons (Fsp3) is 0.143. The monoisotopic (exact) mass is 257 g/mol. The van der Waals surface area contributed by atoms with Crippen LogP contribution in [0.1, 0.15) is 21.5 Å². The van der Waals surface area contributed by atoms with Crippen molar-refractivity contribution < 1.29 is 9.90 Å². The molecule has 5 heteroatoms. The molecule has 0 aliphatic heterocycles. The number of nitrogens with one attached hydrogen (secondary N) is 1. The third kappa shape index (κ3) is 2.82. The van der Waals surface area contributed by atoms with Crippen molar-refractivity contribution in [1.29, 1.82) is 0 Å². The highest BCUT2D eigenvalue weighted by atomic mass is 16.3. The largest absolute Gasteiger partial charge is 0.505 e. The molecular weight excluding hydrogens is 242 g/mol. The van der Waals surface area contributed by atoms with Gasteiger partial charge in [-0.15, -0.1) is 0 Å². The molecule has 0 unspecified atom stereocenters. The smallest absolute Gasteiger partial charge is 0.255 e. The lowest BCUT2D eigenvalue weighted by molar-refractivity contribution is 0.0948. The van der Waals surface area contributed by atoms with Gasteiger partial charge in [0.05, 0.1) is 11.8 Å². The van der Waals surface area contributed by atoms with E-state index in [-0.39, 0.29) is 17.2 Å². The summed E-state index contributed by atoms with van der Waals surface area (Å²) in [5, 5.41) is 12.3. The van der Waals surface area contributed by atoms with Crippen molar-refractivity contribution in [3.63, 3.8) is 0 Å². The number of hydrogen-bond donors (Lipinski definition) is 3. The van der Waals surface area contributed by atoms with E-state index in [1.165, 1.54) is 18.5 Å². The Morgan fingerprint density at radius 1 is 1.42 bits per heavy atom. The highest BCUT2D eigenvalue weighted by Gasteiger charge is 2.10. The van der Waals surface area contributed by atoms with Gasteiger partial charge < -0.3 is 16.2 Å². The van der Waals surface area contributed by atoms with E-state index >= 15 is 0 Å². The highest BCUT2D eigenvalue weighted by molar-refractivity contribution is 5.96. The minimum Gasteiger partial charge on any atom is -0.505 e. The van der Waals surface area contributed by atoms with Crippen LogP contribution in [0, 0.1) is 6.92 Å². The predicted octanol–water partition coefficient (Wildman–Crippen LogP) is 1.61. The number of aromatic hydroxyl groups is 1. The summed E-state index contributed by atoms with van der Waals surface area (Å²) in [6, 6.07) is 7.03. The van der Waals surface area contributed by atoms with Gasteiger partial charge in [-0.3, -0.25) is 9.78 Å². The summed E-state index contributed by atoms with van der Waals surface area (Å²) in [5.74, 6) is -0.481. The van der Waals surface area contributed by atoms with E-state index < -0.39 is 0 Å². The van der Waals surface area contributed by atoms with E-state index in [0.29, 0.717) is 12.2 Å². The summed E-state index contributed by atoms with van der Waals surface area (Å²) >= 11 is 0. The lowest BCUT2D eigenvalue weighted by Crippen LogP contribution is -2.23. The summed E-state index contributed by atoms with van der Waals surface area (Å²) in [6.45, 7) is 2.26. The first-order valence-electron chi connectivity index (χ1n) is 5.84. The van der Waals surface area contributed by atoms with Gasteiger partial charge in [-0.2, -0.15) is 0 Å². The molecule has 0 bridgehead atoms. The summed E-state index contributed by atoms with van der Waals surface area (Å²) in [6.07, 6.45) is 2.70. The third-order valence-corrected chi connectivity index (χ3v) is 2.97. The van der Waals surface area contributed by atoms with Crippen molar-refractivity contribution in [2.45, 2.75) is 13.5 Å². The van der Waals surface area contributed by atoms with Gasteiger partial charge in [0.2, 0.25) is 0 Å². The Bertz CT molecular complexity index is 611. The second-order valence-electron chi connectivity index (χ2n) is 4.21. The molecule has 0 saturated heterocycles. The zero-order chi connectivity index (χ0) is 13.8. The van der Waals surface area contributed by atoms with Gasteiger partial charge in [0, 0.05) is 18.4 Å². The fourth-order valence-corrected chi connectivity index (χ4v) is 1.74. The summed E-state index contributed by atoms with van der Waals surface area (Å²) in [7, 11) is 0. The summed E-state index contributed by atoms with van der Waals surface area (Å²) in [5.41, 5.74) is 8.59. The van der Waals surface area contributed by atoms with E-state index in [4.69, 9.17) is 5.73 Å². The van der Waals surface area contributed by atoms with E-state index in [1.54, 1.807) is 0 Å². The number of aromatic nitrogens is 1. The number of nitrogen functional groups attached to an aromatic ring is 1. The molecular formula is C14H15N3O2. The van der Waals surface area contributed by atoms with Gasteiger partial charge in [-0.05, 0) is 30.2 Å². The Morgan fingerprint density at radius 3 is 2.95 bits per heavy atom. The number of carbonyl (C=O) groups is 1. The molecule has 0 aliphatic carbocycles. The number of carbonyl (C=O) groups excluding carboxylic acids is 1. The van der Waals surface area contributed by atoms with Crippen LogP contribution in [0.25, 0.3) is 0 Å². The molecule has 0 radical (unpaired) electrons. The van der Waals surface area contributed by atoms with Crippen molar-refractivity contribution in [1.82, 2.24) is 10.3 Å². The second kappa shape index (κ2) is 5.39. The molecule has 2 rings (SSSR count). The van der Waals surface area contributed by atoms with Crippen LogP contribution >= 0.6 is 0 Å². The Morgan fingerprint density at radius 2 is 2.21 bits per heavy atom. The topological polar surface area (TPSA) is 88.2 Å². The lowest BCUT2D eigenvalue weighted by Gasteiger charge is -2.10. The molecule has 0 saturated carbocycles. The maximum atomic E-state index is 11.9. The van der Waals surface area contributed by atoms with Crippen molar-refractivity contribution >= 4 is 11.6 Å². The minimum absolute atomic E-state index is 0.135. The van der Waals surface area contributed by atoms with Crippen molar-refractivity contribution in [2.24, 2.45) is 0 Å². The number of hydrogen-bond acceptors (Lipinski definition) is 4. The van der Waals surface area contributed by atoms with Gasteiger partial charge in [0.1, 0.15) is 5.75 Å². The van der Waals surface area contributed by atoms with Crippen molar-refractivity contribution in [3.05, 3.63) is 53.3 Å². The second-order valence-corrected chi connectivity index (χ2v) is 4.21. The first kappa shape index (κ1) is 12.9. The van der Waals surface area contributed by atoms with Crippen LogP contribution in [-0.2, 0) is 6.54 Å². The van der Waals surface area contributed by atoms with Gasteiger partial charge in [-0.1, -0.05) is 12.1 Å². The first-order chi connectivity index (χ1) is 9.09. The molecule has 1 heterocycles. The molecule has 1 aromatic carbocycles. The van der Waals surface area contributed by atoms with E-state index in [9.17, 15) is 9.90 Å². The minimum atomic E-state index is -0.346. The average Bonchev–Trinajstić information content (AvgIpc) is 2.40. The van der Waals surface area contributed by atoms with Crippen LogP contribution in [0.3, 0.4) is 0 Å². The number of pyridine rings is 1. The van der Waals surface area contributed by atoms with Crippen LogP contribution < -0.4 is 11.1 Å². The van der Waals surface area contributed by atoms with Crippen LogP contribution in [0.5, 0.6) is 5.75 Å². The number of benzene rings is 1. The van der Waals surface area contributed by atoms with Crippen LogP contribution in [-0.4, -0.2) is 16.0 Å². The molecule has 0 aliphatic rings. The summed E-state index contributed by atoms with van der Waals surface area (Å²) < 4.78 is 0.